The zero-order chi connectivity index (χ0) is 17.9. The predicted molar refractivity (Wildman–Crippen MR) is 101 cm³/mol. The number of carbonyl (C=O) groups is 1. The number of hydrogen-bond acceptors (Lipinski definition) is 2. The molecule has 0 spiro atoms. The summed E-state index contributed by atoms with van der Waals surface area (Å²) < 4.78 is 13.0. The van der Waals surface area contributed by atoms with Crippen LogP contribution in [0.1, 0.15) is 44.1 Å². The van der Waals surface area contributed by atoms with Gasteiger partial charge in [0.15, 0.2) is 0 Å². The fourth-order valence-electron chi connectivity index (χ4n) is 4.60. The molecule has 1 aromatic carbocycles. The molecular weight excluding hydrogens is 327 g/mol. The number of amides is 1. The topological polar surface area (TPSA) is 23.6 Å². The summed E-state index contributed by atoms with van der Waals surface area (Å²) in [6.07, 6.45) is 8.05. The number of carbonyl (C=O) groups excluding carboxylic acids is 1. The quantitative estimate of drug-likeness (QED) is 0.801. The summed E-state index contributed by atoms with van der Waals surface area (Å²) in [7, 11) is 0. The number of likely N-dealkylation sites (tertiary alicyclic amines) is 2. The fourth-order valence-corrected chi connectivity index (χ4v) is 4.60. The van der Waals surface area contributed by atoms with Crippen molar-refractivity contribution in [2.45, 2.75) is 44.9 Å². The van der Waals surface area contributed by atoms with Crippen LogP contribution in [0.5, 0.6) is 0 Å². The van der Waals surface area contributed by atoms with Gasteiger partial charge >= 0.3 is 0 Å². The molecule has 3 fully saturated rings. The van der Waals surface area contributed by atoms with Gasteiger partial charge in [-0.15, -0.1) is 0 Å². The van der Waals surface area contributed by atoms with E-state index in [2.05, 4.69) is 9.80 Å². The van der Waals surface area contributed by atoms with E-state index in [9.17, 15) is 9.18 Å². The second-order valence-corrected chi connectivity index (χ2v) is 8.62. The van der Waals surface area contributed by atoms with Crippen LogP contribution in [0.4, 0.5) is 4.39 Å². The van der Waals surface area contributed by atoms with Gasteiger partial charge in [0.05, 0.1) is 0 Å². The second kappa shape index (κ2) is 8.08. The Kier molecular flexibility index (Phi) is 5.58. The molecule has 0 unspecified atom stereocenters. The highest BCUT2D eigenvalue weighted by molar-refractivity contribution is 5.79. The summed E-state index contributed by atoms with van der Waals surface area (Å²) in [6.45, 7) is 5.26. The molecule has 1 aromatic rings. The Hall–Kier alpha value is -1.42. The van der Waals surface area contributed by atoms with Gasteiger partial charge < -0.3 is 9.80 Å². The lowest BCUT2D eigenvalue weighted by Crippen LogP contribution is -2.45. The van der Waals surface area contributed by atoms with Crippen LogP contribution in [0.15, 0.2) is 24.3 Å². The maximum absolute atomic E-state index is 13.0. The summed E-state index contributed by atoms with van der Waals surface area (Å²) in [5.41, 5.74) is 1.21. The van der Waals surface area contributed by atoms with Crippen molar-refractivity contribution < 1.29 is 9.18 Å². The van der Waals surface area contributed by atoms with E-state index in [4.69, 9.17) is 0 Å². The standard InChI is InChI=1S/C22H31FN2O/c23-21-5-3-17(4-6-21)15-18-7-13-25(14-8-18)22(26)20-9-11-24(12-10-20)16-19-1-2-19/h3-6,18-20H,1-2,7-16H2. The molecule has 1 amide bonds. The number of benzene rings is 1. The molecule has 0 aromatic heterocycles. The Morgan fingerprint density at radius 3 is 2.15 bits per heavy atom. The van der Waals surface area contributed by atoms with Crippen LogP contribution in [0.3, 0.4) is 0 Å². The largest absolute Gasteiger partial charge is 0.342 e. The first kappa shape index (κ1) is 18.0. The first-order chi connectivity index (χ1) is 12.7. The maximum Gasteiger partial charge on any atom is 0.225 e. The Labute approximate surface area is 156 Å². The highest BCUT2D eigenvalue weighted by atomic mass is 19.1. The third kappa shape index (κ3) is 4.64. The van der Waals surface area contributed by atoms with Crippen molar-refractivity contribution in [1.82, 2.24) is 9.80 Å². The van der Waals surface area contributed by atoms with Gasteiger partial charge in [0, 0.05) is 25.6 Å². The van der Waals surface area contributed by atoms with Crippen molar-refractivity contribution in [2.75, 3.05) is 32.7 Å². The lowest BCUT2D eigenvalue weighted by molar-refractivity contribution is -0.138. The molecule has 1 saturated carbocycles. The average molecular weight is 359 g/mol. The molecule has 3 aliphatic rings. The first-order valence-electron chi connectivity index (χ1n) is 10.4. The maximum atomic E-state index is 13.0. The Balaban J connectivity index is 1.20. The molecule has 1 aliphatic carbocycles. The van der Waals surface area contributed by atoms with Crippen molar-refractivity contribution in [2.24, 2.45) is 17.8 Å². The molecule has 4 rings (SSSR count). The van der Waals surface area contributed by atoms with Gasteiger partial charge in [0.25, 0.3) is 0 Å². The summed E-state index contributed by atoms with van der Waals surface area (Å²) in [5.74, 6) is 2.04. The predicted octanol–water partition coefficient (Wildman–Crippen LogP) is 3.73. The van der Waals surface area contributed by atoms with E-state index in [0.717, 1.165) is 64.2 Å². The van der Waals surface area contributed by atoms with Crippen LogP contribution in [-0.4, -0.2) is 48.4 Å². The minimum Gasteiger partial charge on any atom is -0.342 e. The molecule has 0 bridgehead atoms. The van der Waals surface area contributed by atoms with E-state index in [-0.39, 0.29) is 11.7 Å². The lowest BCUT2D eigenvalue weighted by atomic mass is 9.88. The molecule has 0 N–H and O–H groups in total. The number of nitrogens with zero attached hydrogens (tertiary/aromatic N) is 2. The van der Waals surface area contributed by atoms with E-state index < -0.39 is 0 Å². The van der Waals surface area contributed by atoms with E-state index in [1.54, 1.807) is 12.1 Å². The average Bonchev–Trinajstić information content (AvgIpc) is 3.48. The molecule has 142 valence electrons. The summed E-state index contributed by atoms with van der Waals surface area (Å²) in [4.78, 5) is 17.5. The third-order valence-corrected chi connectivity index (χ3v) is 6.51. The molecule has 2 aliphatic heterocycles. The van der Waals surface area contributed by atoms with Crippen LogP contribution in [0, 0.1) is 23.6 Å². The van der Waals surface area contributed by atoms with Crippen LogP contribution in [0.25, 0.3) is 0 Å². The van der Waals surface area contributed by atoms with Crippen LogP contribution >= 0.6 is 0 Å². The monoisotopic (exact) mass is 358 g/mol. The highest BCUT2D eigenvalue weighted by Crippen LogP contribution is 2.32. The Morgan fingerprint density at radius 2 is 1.54 bits per heavy atom. The van der Waals surface area contributed by atoms with Crippen molar-refractivity contribution in [1.29, 1.82) is 0 Å². The molecule has 0 atom stereocenters. The van der Waals surface area contributed by atoms with Crippen molar-refractivity contribution in [3.63, 3.8) is 0 Å². The summed E-state index contributed by atoms with van der Waals surface area (Å²) in [5, 5.41) is 0. The summed E-state index contributed by atoms with van der Waals surface area (Å²) >= 11 is 0. The molecule has 3 nitrogen and oxygen atoms in total. The molecular formula is C22H31FN2O. The number of hydrogen-bond donors (Lipinski definition) is 0. The van der Waals surface area contributed by atoms with E-state index in [0.29, 0.717) is 11.8 Å². The molecule has 4 heteroatoms. The Bertz CT molecular complexity index is 597. The molecule has 0 radical (unpaired) electrons. The number of rotatable bonds is 5. The van der Waals surface area contributed by atoms with Gasteiger partial charge in [-0.25, -0.2) is 4.39 Å². The van der Waals surface area contributed by atoms with Crippen molar-refractivity contribution >= 4 is 5.91 Å². The normalized spacial score (nSPS) is 23.3. The first-order valence-corrected chi connectivity index (χ1v) is 10.4. The zero-order valence-corrected chi connectivity index (χ0v) is 15.7. The minimum absolute atomic E-state index is 0.169. The van der Waals surface area contributed by atoms with E-state index in [1.165, 1.54) is 24.9 Å². The van der Waals surface area contributed by atoms with Gasteiger partial charge in [-0.2, -0.15) is 0 Å². The fraction of sp³-hybridized carbons (Fsp3) is 0.682. The van der Waals surface area contributed by atoms with Gasteiger partial charge in [0.2, 0.25) is 5.91 Å². The molecule has 2 saturated heterocycles. The Morgan fingerprint density at radius 1 is 0.885 bits per heavy atom. The van der Waals surface area contributed by atoms with Crippen LogP contribution in [-0.2, 0) is 11.2 Å². The third-order valence-electron chi connectivity index (χ3n) is 6.51. The zero-order valence-electron chi connectivity index (χ0n) is 15.7. The van der Waals surface area contributed by atoms with Crippen molar-refractivity contribution in [3.8, 4) is 0 Å². The molecule has 26 heavy (non-hydrogen) atoms. The molecule has 2 heterocycles. The number of halogens is 1. The van der Waals surface area contributed by atoms with Gasteiger partial charge in [0.1, 0.15) is 5.82 Å². The van der Waals surface area contributed by atoms with E-state index >= 15 is 0 Å². The van der Waals surface area contributed by atoms with Gasteiger partial charge in [-0.3, -0.25) is 4.79 Å². The van der Waals surface area contributed by atoms with Crippen LogP contribution < -0.4 is 0 Å². The van der Waals surface area contributed by atoms with Crippen molar-refractivity contribution in [3.05, 3.63) is 35.6 Å². The smallest absolute Gasteiger partial charge is 0.225 e. The number of piperidine rings is 2. The summed E-state index contributed by atoms with van der Waals surface area (Å²) in [6, 6.07) is 6.87. The van der Waals surface area contributed by atoms with Gasteiger partial charge in [-0.1, -0.05) is 12.1 Å². The SMILES string of the molecule is O=C(C1CCN(CC2CC2)CC1)N1CCC(Cc2ccc(F)cc2)CC1. The minimum atomic E-state index is -0.169. The van der Waals surface area contributed by atoms with Crippen LogP contribution in [0.2, 0.25) is 0 Å². The van der Waals surface area contributed by atoms with E-state index in [1.807, 2.05) is 12.1 Å². The lowest BCUT2D eigenvalue weighted by Gasteiger charge is -2.37. The highest BCUT2D eigenvalue weighted by Gasteiger charge is 2.32. The van der Waals surface area contributed by atoms with Gasteiger partial charge in [-0.05, 0) is 87.6 Å². The second-order valence-electron chi connectivity index (χ2n) is 8.62.